The molecule has 3 rings (SSSR count). The molecule has 1 fully saturated rings. The molecule has 0 aliphatic carbocycles. The summed E-state index contributed by atoms with van der Waals surface area (Å²) < 4.78 is 16.1. The fraction of sp³-hybridized carbons (Fsp3) is 0.500. The third-order valence-corrected chi connectivity index (χ3v) is 4.05. The summed E-state index contributed by atoms with van der Waals surface area (Å²) in [6.45, 7) is 3.68. The van der Waals surface area contributed by atoms with Gasteiger partial charge in [-0.15, -0.1) is 5.10 Å². The Labute approximate surface area is 135 Å². The van der Waals surface area contributed by atoms with E-state index in [1.54, 1.807) is 21.1 Å². The highest BCUT2D eigenvalue weighted by Gasteiger charge is 2.21. The molecule has 1 aliphatic rings. The predicted molar refractivity (Wildman–Crippen MR) is 87.4 cm³/mol. The first-order valence-corrected chi connectivity index (χ1v) is 7.72. The van der Waals surface area contributed by atoms with E-state index < -0.39 is 0 Å². The topological polar surface area (TPSA) is 72.7 Å². The van der Waals surface area contributed by atoms with E-state index in [1.165, 1.54) is 0 Å². The molecule has 2 aromatic rings. The first-order chi connectivity index (χ1) is 11.2. The summed E-state index contributed by atoms with van der Waals surface area (Å²) in [5.41, 5.74) is 1.12. The molecule has 1 aromatic carbocycles. The maximum atomic E-state index is 5.38. The Hall–Kier alpha value is -2.44. The first kappa shape index (κ1) is 15.5. The van der Waals surface area contributed by atoms with Crippen LogP contribution in [0.4, 0.5) is 11.7 Å². The van der Waals surface area contributed by atoms with Gasteiger partial charge in [0.2, 0.25) is 5.89 Å². The van der Waals surface area contributed by atoms with Crippen molar-refractivity contribution in [1.82, 2.24) is 10.2 Å². The lowest BCUT2D eigenvalue weighted by Crippen LogP contribution is -2.39. The monoisotopic (exact) mass is 318 g/mol. The van der Waals surface area contributed by atoms with Gasteiger partial charge in [0.25, 0.3) is 0 Å². The van der Waals surface area contributed by atoms with Crippen molar-refractivity contribution in [3.05, 3.63) is 24.1 Å². The van der Waals surface area contributed by atoms with Gasteiger partial charge in [0.1, 0.15) is 11.5 Å². The van der Waals surface area contributed by atoms with Gasteiger partial charge in [-0.1, -0.05) is 5.10 Å². The number of piperidine rings is 1. The molecule has 1 aromatic heterocycles. The Morgan fingerprint density at radius 3 is 2.26 bits per heavy atom. The summed E-state index contributed by atoms with van der Waals surface area (Å²) in [5.74, 6) is 2.19. The van der Waals surface area contributed by atoms with Gasteiger partial charge in [-0.3, -0.25) is 0 Å². The van der Waals surface area contributed by atoms with Gasteiger partial charge in [-0.25, -0.2) is 0 Å². The maximum Gasteiger partial charge on any atom is 0.315 e. The van der Waals surface area contributed by atoms with Crippen molar-refractivity contribution in [2.24, 2.45) is 0 Å². The summed E-state index contributed by atoms with van der Waals surface area (Å²) in [4.78, 5) is 2.34. The predicted octanol–water partition coefficient (Wildman–Crippen LogP) is 2.48. The highest BCUT2D eigenvalue weighted by molar-refractivity contribution is 5.56. The molecule has 0 spiro atoms. The number of ether oxygens (including phenoxy) is 2. The smallest absolute Gasteiger partial charge is 0.315 e. The summed E-state index contributed by atoms with van der Waals surface area (Å²) in [6.07, 6.45) is 2.00. The molecule has 0 atom stereocenters. The van der Waals surface area contributed by atoms with Crippen LogP contribution in [0, 0.1) is 6.92 Å². The van der Waals surface area contributed by atoms with Gasteiger partial charge in [-0.2, -0.15) is 0 Å². The molecule has 1 saturated heterocycles. The number of rotatable bonds is 5. The number of aromatic nitrogens is 2. The summed E-state index contributed by atoms with van der Waals surface area (Å²) in [7, 11) is 3.34. The van der Waals surface area contributed by atoms with Gasteiger partial charge >= 0.3 is 6.01 Å². The fourth-order valence-corrected chi connectivity index (χ4v) is 2.79. The largest absolute Gasteiger partial charge is 0.497 e. The van der Waals surface area contributed by atoms with Crippen molar-refractivity contribution in [1.29, 1.82) is 0 Å². The van der Waals surface area contributed by atoms with Gasteiger partial charge in [0, 0.05) is 49.9 Å². The first-order valence-electron chi connectivity index (χ1n) is 7.72. The Balaban J connectivity index is 1.62. The van der Waals surface area contributed by atoms with Gasteiger partial charge in [0.15, 0.2) is 0 Å². The lowest BCUT2D eigenvalue weighted by molar-refractivity contribution is 0.394. The van der Waals surface area contributed by atoms with Crippen LogP contribution in [0.15, 0.2) is 22.6 Å². The number of nitrogens with zero attached hydrogens (tertiary/aromatic N) is 3. The van der Waals surface area contributed by atoms with Crippen LogP contribution in [0.25, 0.3) is 0 Å². The van der Waals surface area contributed by atoms with Crippen molar-refractivity contribution in [2.75, 3.05) is 37.5 Å². The zero-order valence-electron chi connectivity index (χ0n) is 13.7. The highest BCUT2D eigenvalue weighted by atomic mass is 16.5. The molecule has 0 radical (unpaired) electrons. The molecule has 0 unspecified atom stereocenters. The van der Waals surface area contributed by atoms with E-state index in [4.69, 9.17) is 13.9 Å². The molecule has 0 saturated carbocycles. The van der Waals surface area contributed by atoms with E-state index in [-0.39, 0.29) is 0 Å². The fourth-order valence-electron chi connectivity index (χ4n) is 2.79. The maximum absolute atomic E-state index is 5.38. The van der Waals surface area contributed by atoms with Crippen molar-refractivity contribution in [3.8, 4) is 11.5 Å². The summed E-state index contributed by atoms with van der Waals surface area (Å²) in [5, 5.41) is 11.1. The molecule has 1 aliphatic heterocycles. The van der Waals surface area contributed by atoms with Crippen LogP contribution < -0.4 is 19.7 Å². The van der Waals surface area contributed by atoms with Crippen LogP contribution in [0.1, 0.15) is 18.7 Å². The Morgan fingerprint density at radius 1 is 1.09 bits per heavy atom. The number of anilines is 2. The van der Waals surface area contributed by atoms with E-state index in [0.29, 0.717) is 17.9 Å². The number of methoxy groups -OCH3 is 2. The standard InChI is InChI=1S/C16H22N4O3/c1-11-18-19-16(23-11)17-12-4-6-20(7-5-12)13-8-14(21-2)10-15(9-13)22-3/h8-10,12H,4-7H2,1-3H3,(H,17,19). The molecular formula is C16H22N4O3. The second-order valence-corrected chi connectivity index (χ2v) is 5.60. The van der Waals surface area contributed by atoms with E-state index in [0.717, 1.165) is 43.1 Å². The SMILES string of the molecule is COc1cc(OC)cc(N2CCC(Nc3nnc(C)o3)CC2)c1. The average molecular weight is 318 g/mol. The molecule has 2 heterocycles. The van der Waals surface area contributed by atoms with Gasteiger partial charge < -0.3 is 24.1 Å². The van der Waals surface area contributed by atoms with Crippen molar-refractivity contribution in [2.45, 2.75) is 25.8 Å². The third-order valence-electron chi connectivity index (χ3n) is 4.05. The number of benzene rings is 1. The van der Waals surface area contributed by atoms with Crippen LogP contribution in [0.5, 0.6) is 11.5 Å². The Morgan fingerprint density at radius 2 is 1.74 bits per heavy atom. The van der Waals surface area contributed by atoms with E-state index in [2.05, 4.69) is 20.4 Å². The Kier molecular flexibility index (Phi) is 4.55. The van der Waals surface area contributed by atoms with Crippen molar-refractivity contribution in [3.63, 3.8) is 0 Å². The lowest BCUT2D eigenvalue weighted by atomic mass is 10.0. The number of aryl methyl sites for hydroxylation is 1. The third kappa shape index (κ3) is 3.67. The zero-order valence-corrected chi connectivity index (χ0v) is 13.7. The molecule has 0 amide bonds. The van der Waals surface area contributed by atoms with Crippen molar-refractivity contribution < 1.29 is 13.9 Å². The quantitative estimate of drug-likeness (QED) is 0.908. The molecular weight excluding hydrogens is 296 g/mol. The second kappa shape index (κ2) is 6.76. The summed E-state index contributed by atoms with van der Waals surface area (Å²) in [6, 6.07) is 6.81. The number of nitrogens with one attached hydrogen (secondary N) is 1. The molecule has 7 heteroatoms. The number of hydrogen-bond acceptors (Lipinski definition) is 7. The Bertz CT molecular complexity index is 628. The van der Waals surface area contributed by atoms with Crippen LogP contribution in [0.2, 0.25) is 0 Å². The van der Waals surface area contributed by atoms with Crippen molar-refractivity contribution >= 4 is 11.7 Å². The van der Waals surface area contributed by atoms with Crippen LogP contribution in [-0.2, 0) is 0 Å². The van der Waals surface area contributed by atoms with Gasteiger partial charge in [0.05, 0.1) is 14.2 Å². The number of hydrogen-bond donors (Lipinski definition) is 1. The molecule has 0 bridgehead atoms. The summed E-state index contributed by atoms with van der Waals surface area (Å²) >= 11 is 0. The molecule has 1 N–H and O–H groups in total. The van der Waals surface area contributed by atoms with Gasteiger partial charge in [-0.05, 0) is 12.8 Å². The highest BCUT2D eigenvalue weighted by Crippen LogP contribution is 2.30. The van der Waals surface area contributed by atoms with Crippen LogP contribution >= 0.6 is 0 Å². The normalized spacial score (nSPS) is 15.5. The minimum Gasteiger partial charge on any atom is -0.497 e. The van der Waals surface area contributed by atoms with E-state index in [1.807, 2.05) is 18.2 Å². The van der Waals surface area contributed by atoms with E-state index in [9.17, 15) is 0 Å². The zero-order chi connectivity index (χ0) is 16.2. The molecule has 124 valence electrons. The molecule has 7 nitrogen and oxygen atoms in total. The minimum atomic E-state index is 0.346. The van der Waals surface area contributed by atoms with Crippen LogP contribution in [-0.4, -0.2) is 43.5 Å². The lowest BCUT2D eigenvalue weighted by Gasteiger charge is -2.33. The van der Waals surface area contributed by atoms with E-state index >= 15 is 0 Å². The minimum absolute atomic E-state index is 0.346. The second-order valence-electron chi connectivity index (χ2n) is 5.60. The molecule has 23 heavy (non-hydrogen) atoms. The average Bonchev–Trinajstić information content (AvgIpc) is 3.00. The van der Waals surface area contributed by atoms with Crippen LogP contribution in [0.3, 0.4) is 0 Å².